The van der Waals surface area contributed by atoms with Crippen molar-refractivity contribution >= 4 is 46.6 Å². The third-order valence-electron chi connectivity index (χ3n) is 7.15. The first kappa shape index (κ1) is 29.3. The number of hydrogen-bond acceptors (Lipinski definition) is 6. The zero-order valence-corrected chi connectivity index (χ0v) is 25.3. The van der Waals surface area contributed by atoms with E-state index in [0.29, 0.717) is 22.9 Å². The summed E-state index contributed by atoms with van der Waals surface area (Å²) in [6, 6.07) is 23.9. The number of piperazine rings is 1. The summed E-state index contributed by atoms with van der Waals surface area (Å²) < 4.78 is 7.30. The van der Waals surface area contributed by atoms with Crippen LogP contribution in [0.4, 0.5) is 5.69 Å². The second-order valence-electron chi connectivity index (χ2n) is 9.87. The van der Waals surface area contributed by atoms with E-state index >= 15 is 0 Å². The largest absolute Gasteiger partial charge is 0.497 e. The zero-order valence-electron chi connectivity index (χ0n) is 23.0. The Morgan fingerprint density at radius 1 is 0.878 bits per heavy atom. The maximum atomic E-state index is 12.9. The van der Waals surface area contributed by atoms with Crippen molar-refractivity contribution in [3.05, 3.63) is 94.2 Å². The molecule has 0 N–H and O–H groups in total. The lowest BCUT2D eigenvalue weighted by Gasteiger charge is -2.36. The van der Waals surface area contributed by atoms with Crippen LogP contribution in [0.25, 0.3) is 5.69 Å². The number of methoxy groups -OCH3 is 1. The van der Waals surface area contributed by atoms with Gasteiger partial charge in [-0.2, -0.15) is 0 Å². The van der Waals surface area contributed by atoms with E-state index in [9.17, 15) is 4.79 Å². The van der Waals surface area contributed by atoms with Gasteiger partial charge in [0.2, 0.25) is 5.91 Å². The van der Waals surface area contributed by atoms with E-state index in [1.54, 1.807) is 24.9 Å². The average molecular weight is 611 g/mol. The Kier molecular flexibility index (Phi) is 10.1. The van der Waals surface area contributed by atoms with Crippen LogP contribution in [0.3, 0.4) is 0 Å². The fraction of sp³-hybridized carbons (Fsp3) is 0.323. The number of rotatable bonds is 11. The van der Waals surface area contributed by atoms with E-state index in [0.717, 1.165) is 78.4 Å². The highest BCUT2D eigenvalue weighted by Gasteiger charge is 2.21. The second-order valence-corrected chi connectivity index (χ2v) is 11.7. The van der Waals surface area contributed by atoms with E-state index < -0.39 is 0 Å². The minimum Gasteiger partial charge on any atom is -0.497 e. The number of nitrogens with zero attached hydrogens (tertiary/aromatic N) is 5. The SMILES string of the molecule is COc1ccc(N2CCN(C(=O)CCCCSc3nnc(Cc4ccccc4)n3-c3ccc(Cl)c(Cl)c3)CC2)cc1. The molecule has 1 aliphatic heterocycles. The Labute approximate surface area is 255 Å². The number of carbonyl (C=O) groups excluding carboxylic acids is 1. The highest BCUT2D eigenvalue weighted by molar-refractivity contribution is 7.99. The first-order valence-corrected chi connectivity index (χ1v) is 15.5. The Balaban J connectivity index is 1.12. The molecule has 5 rings (SSSR count). The van der Waals surface area contributed by atoms with Gasteiger partial charge in [-0.3, -0.25) is 9.36 Å². The molecular weight excluding hydrogens is 577 g/mol. The number of carbonyl (C=O) groups is 1. The van der Waals surface area contributed by atoms with Gasteiger partial charge in [0.1, 0.15) is 11.6 Å². The van der Waals surface area contributed by atoms with Crippen LogP contribution < -0.4 is 9.64 Å². The molecule has 3 aromatic carbocycles. The fourth-order valence-electron chi connectivity index (χ4n) is 4.88. The molecule has 41 heavy (non-hydrogen) atoms. The van der Waals surface area contributed by atoms with Crippen LogP contribution in [0.5, 0.6) is 5.75 Å². The molecule has 0 bridgehead atoms. The summed E-state index contributed by atoms with van der Waals surface area (Å²) in [5.41, 5.74) is 3.19. The molecule has 0 atom stereocenters. The van der Waals surface area contributed by atoms with Crippen LogP contribution in [-0.2, 0) is 11.2 Å². The van der Waals surface area contributed by atoms with Crippen molar-refractivity contribution in [1.29, 1.82) is 0 Å². The van der Waals surface area contributed by atoms with Gasteiger partial charge in [0.25, 0.3) is 0 Å². The Hall–Kier alpha value is -3.20. The summed E-state index contributed by atoms with van der Waals surface area (Å²) >= 11 is 14.2. The summed E-state index contributed by atoms with van der Waals surface area (Å²) in [7, 11) is 1.67. The van der Waals surface area contributed by atoms with Gasteiger partial charge in [-0.1, -0.05) is 65.3 Å². The lowest BCUT2D eigenvalue weighted by Crippen LogP contribution is -2.48. The van der Waals surface area contributed by atoms with Crippen molar-refractivity contribution in [2.45, 2.75) is 30.8 Å². The predicted molar refractivity (Wildman–Crippen MR) is 167 cm³/mol. The number of benzene rings is 3. The molecule has 0 aliphatic carbocycles. The van der Waals surface area contributed by atoms with Gasteiger partial charge in [0, 0.05) is 50.5 Å². The van der Waals surface area contributed by atoms with Gasteiger partial charge in [0.15, 0.2) is 5.16 Å². The van der Waals surface area contributed by atoms with Gasteiger partial charge in [-0.15, -0.1) is 10.2 Å². The number of halogens is 2. The topological polar surface area (TPSA) is 63.5 Å². The van der Waals surface area contributed by atoms with E-state index in [-0.39, 0.29) is 5.91 Å². The van der Waals surface area contributed by atoms with Gasteiger partial charge < -0.3 is 14.5 Å². The maximum absolute atomic E-state index is 12.9. The van der Waals surface area contributed by atoms with Crippen molar-refractivity contribution in [3.8, 4) is 11.4 Å². The molecule has 7 nitrogen and oxygen atoms in total. The van der Waals surface area contributed by atoms with Crippen molar-refractivity contribution < 1.29 is 9.53 Å². The molecule has 0 spiro atoms. The monoisotopic (exact) mass is 609 g/mol. The molecule has 214 valence electrons. The number of hydrogen-bond donors (Lipinski definition) is 0. The summed E-state index contributed by atoms with van der Waals surface area (Å²) in [6.07, 6.45) is 2.95. The zero-order chi connectivity index (χ0) is 28.6. The van der Waals surface area contributed by atoms with E-state index in [1.807, 2.05) is 51.9 Å². The standard InChI is InChI=1S/C31H33Cl2N5O2S/c1-40-26-13-10-24(11-14-26)36-16-18-37(19-17-36)30(39)9-5-6-20-41-31-35-34-29(21-23-7-3-2-4-8-23)38(31)25-12-15-27(32)28(33)22-25/h2-4,7-8,10-15,22H,5-6,9,16-21H2,1H3. The first-order chi connectivity index (χ1) is 20.0. The van der Waals surface area contributed by atoms with Crippen molar-refractivity contribution in [1.82, 2.24) is 19.7 Å². The van der Waals surface area contributed by atoms with Crippen LogP contribution >= 0.6 is 35.0 Å². The van der Waals surface area contributed by atoms with Gasteiger partial charge in [-0.05, 0) is 60.9 Å². The molecule has 0 unspecified atom stereocenters. The molecule has 1 saturated heterocycles. The number of thioether (sulfide) groups is 1. The van der Waals surface area contributed by atoms with Crippen LogP contribution in [-0.4, -0.2) is 64.6 Å². The number of unbranched alkanes of at least 4 members (excludes halogenated alkanes) is 1. The van der Waals surface area contributed by atoms with E-state index in [1.165, 1.54) is 0 Å². The second kappa shape index (κ2) is 14.1. The summed E-state index contributed by atoms with van der Waals surface area (Å²) in [4.78, 5) is 17.2. The predicted octanol–water partition coefficient (Wildman–Crippen LogP) is 6.78. The van der Waals surface area contributed by atoms with Crippen LogP contribution in [0.15, 0.2) is 78.0 Å². The van der Waals surface area contributed by atoms with E-state index in [2.05, 4.69) is 39.4 Å². The Bertz CT molecular complexity index is 1440. The van der Waals surface area contributed by atoms with Gasteiger partial charge in [0.05, 0.1) is 22.8 Å². The Morgan fingerprint density at radius 3 is 2.32 bits per heavy atom. The smallest absolute Gasteiger partial charge is 0.222 e. The molecular formula is C31H33Cl2N5O2S. The van der Waals surface area contributed by atoms with Crippen LogP contribution in [0.2, 0.25) is 10.0 Å². The Morgan fingerprint density at radius 2 is 1.61 bits per heavy atom. The summed E-state index contributed by atoms with van der Waals surface area (Å²) in [6.45, 7) is 3.17. The molecule has 0 radical (unpaired) electrons. The minimum absolute atomic E-state index is 0.230. The summed E-state index contributed by atoms with van der Waals surface area (Å²) in [5.74, 6) is 2.75. The van der Waals surface area contributed by atoms with Crippen molar-refractivity contribution in [3.63, 3.8) is 0 Å². The molecule has 1 fully saturated rings. The van der Waals surface area contributed by atoms with Crippen molar-refractivity contribution in [2.75, 3.05) is 43.9 Å². The summed E-state index contributed by atoms with van der Waals surface area (Å²) in [5, 5.41) is 10.8. The maximum Gasteiger partial charge on any atom is 0.222 e. The number of anilines is 1. The molecule has 4 aromatic rings. The minimum atomic E-state index is 0.230. The first-order valence-electron chi connectivity index (χ1n) is 13.7. The molecule has 2 heterocycles. The van der Waals surface area contributed by atoms with Gasteiger partial charge >= 0.3 is 0 Å². The molecule has 1 aromatic heterocycles. The third-order valence-corrected chi connectivity index (χ3v) is 8.91. The quantitative estimate of drug-likeness (QED) is 0.138. The van der Waals surface area contributed by atoms with Crippen molar-refractivity contribution in [2.24, 2.45) is 0 Å². The van der Waals surface area contributed by atoms with Gasteiger partial charge in [-0.25, -0.2) is 0 Å². The lowest BCUT2D eigenvalue weighted by atomic mass is 10.1. The normalized spacial score (nSPS) is 13.4. The number of aromatic nitrogens is 3. The average Bonchev–Trinajstić information content (AvgIpc) is 3.40. The number of amides is 1. The van der Waals surface area contributed by atoms with E-state index in [4.69, 9.17) is 27.9 Å². The van der Waals surface area contributed by atoms with Crippen LogP contribution in [0, 0.1) is 0 Å². The molecule has 0 saturated carbocycles. The lowest BCUT2D eigenvalue weighted by molar-refractivity contribution is -0.131. The van der Waals surface area contributed by atoms with Crippen LogP contribution in [0.1, 0.15) is 30.7 Å². The number of ether oxygens (including phenoxy) is 1. The highest BCUT2D eigenvalue weighted by atomic mass is 35.5. The highest BCUT2D eigenvalue weighted by Crippen LogP contribution is 2.29. The molecule has 10 heteroatoms. The third kappa shape index (κ3) is 7.56. The molecule has 1 amide bonds. The fourth-order valence-corrected chi connectivity index (χ4v) is 6.14. The molecule has 1 aliphatic rings.